The number of aromatic nitrogens is 2. The second-order valence-corrected chi connectivity index (χ2v) is 7.86. The second kappa shape index (κ2) is 6.90. The fourth-order valence-corrected chi connectivity index (χ4v) is 4.41. The Labute approximate surface area is 165 Å². The van der Waals surface area contributed by atoms with E-state index in [4.69, 9.17) is 11.6 Å². The third-order valence-corrected chi connectivity index (χ3v) is 5.94. The van der Waals surface area contributed by atoms with Gasteiger partial charge in [-0.1, -0.05) is 29.8 Å². The molecule has 0 aliphatic carbocycles. The first-order valence-electron chi connectivity index (χ1n) is 8.40. The molecular weight excluding hydrogens is 384 g/mol. The summed E-state index contributed by atoms with van der Waals surface area (Å²) in [6.07, 6.45) is 1.80. The van der Waals surface area contributed by atoms with Crippen molar-refractivity contribution >= 4 is 40.8 Å². The van der Waals surface area contributed by atoms with Gasteiger partial charge in [-0.2, -0.15) is 0 Å². The predicted octanol–water partition coefficient (Wildman–Crippen LogP) is 3.52. The van der Waals surface area contributed by atoms with E-state index in [2.05, 4.69) is 10.4 Å². The number of hydrogen-bond donors (Lipinski definition) is 1. The van der Waals surface area contributed by atoms with Crippen molar-refractivity contribution in [3.63, 3.8) is 0 Å². The molecule has 1 saturated heterocycles. The maximum absolute atomic E-state index is 13.0. The topological polar surface area (TPSA) is 66.7 Å². The van der Waals surface area contributed by atoms with Crippen molar-refractivity contribution in [1.82, 2.24) is 19.8 Å². The first-order valence-corrected chi connectivity index (χ1v) is 9.83. The van der Waals surface area contributed by atoms with E-state index in [1.54, 1.807) is 29.7 Å². The van der Waals surface area contributed by atoms with Crippen LogP contribution in [-0.4, -0.2) is 32.0 Å². The van der Waals surface area contributed by atoms with E-state index in [0.29, 0.717) is 22.2 Å². The highest BCUT2D eigenvalue weighted by Crippen LogP contribution is 2.37. The average molecular weight is 401 g/mol. The number of halogens is 1. The number of hydrazine groups is 1. The Hall–Kier alpha value is -2.51. The SMILES string of the molecule is Cc1nc2c(C)cccn2c1C(=O)NN1C(=O)CS[C@@H]1c1ccc(Cl)cc1. The minimum Gasteiger partial charge on any atom is -0.295 e. The van der Waals surface area contributed by atoms with E-state index in [0.717, 1.165) is 16.8 Å². The number of aryl methyl sites for hydroxylation is 2. The van der Waals surface area contributed by atoms with Crippen LogP contribution in [0.15, 0.2) is 42.6 Å². The Balaban J connectivity index is 1.65. The summed E-state index contributed by atoms with van der Waals surface area (Å²) in [5, 5.41) is 1.73. The molecule has 3 heterocycles. The highest BCUT2D eigenvalue weighted by molar-refractivity contribution is 8.00. The number of rotatable bonds is 3. The van der Waals surface area contributed by atoms with Crippen LogP contribution in [-0.2, 0) is 4.79 Å². The van der Waals surface area contributed by atoms with E-state index in [-0.39, 0.29) is 17.2 Å². The third-order valence-electron chi connectivity index (χ3n) is 4.48. The van der Waals surface area contributed by atoms with Crippen LogP contribution >= 0.6 is 23.4 Å². The molecule has 138 valence electrons. The van der Waals surface area contributed by atoms with Gasteiger partial charge in [-0.3, -0.25) is 19.4 Å². The van der Waals surface area contributed by atoms with Crippen molar-refractivity contribution in [2.75, 3.05) is 5.75 Å². The number of amides is 2. The Morgan fingerprint density at radius 2 is 2.00 bits per heavy atom. The van der Waals surface area contributed by atoms with Gasteiger partial charge < -0.3 is 0 Å². The van der Waals surface area contributed by atoms with Crippen molar-refractivity contribution in [3.8, 4) is 0 Å². The molecule has 3 aromatic rings. The summed E-state index contributed by atoms with van der Waals surface area (Å²) in [6, 6.07) is 11.1. The van der Waals surface area contributed by atoms with Gasteiger partial charge in [0, 0.05) is 11.2 Å². The molecule has 1 aromatic carbocycles. The fourth-order valence-electron chi connectivity index (χ4n) is 3.17. The molecule has 4 rings (SSSR count). The number of nitrogens with one attached hydrogen (secondary N) is 1. The molecule has 0 spiro atoms. The average Bonchev–Trinajstić information content (AvgIpc) is 3.17. The van der Waals surface area contributed by atoms with E-state index in [9.17, 15) is 9.59 Å². The van der Waals surface area contributed by atoms with Gasteiger partial charge in [0.15, 0.2) is 0 Å². The molecule has 1 N–H and O–H groups in total. The molecule has 1 atom stereocenters. The zero-order valence-electron chi connectivity index (χ0n) is 14.8. The van der Waals surface area contributed by atoms with E-state index < -0.39 is 0 Å². The lowest BCUT2D eigenvalue weighted by Gasteiger charge is -2.24. The standard InChI is InChI=1S/C19H17ClN4O2S/c1-11-4-3-9-23-16(12(2)21-17(11)23)18(26)22-24-15(25)10-27-19(24)13-5-7-14(20)8-6-13/h3-9,19H,10H2,1-2H3,(H,22,26)/t19-/m1/s1. The first kappa shape index (κ1) is 17.9. The number of fused-ring (bicyclic) bond motifs is 1. The monoisotopic (exact) mass is 400 g/mol. The summed E-state index contributed by atoms with van der Waals surface area (Å²) in [6.45, 7) is 3.74. The lowest BCUT2D eigenvalue weighted by atomic mass is 10.2. The van der Waals surface area contributed by atoms with Crippen LogP contribution in [0, 0.1) is 13.8 Å². The minimum absolute atomic E-state index is 0.143. The van der Waals surface area contributed by atoms with Crippen molar-refractivity contribution in [3.05, 3.63) is 70.1 Å². The highest BCUT2D eigenvalue weighted by Gasteiger charge is 2.35. The van der Waals surface area contributed by atoms with Gasteiger partial charge in [-0.25, -0.2) is 9.99 Å². The normalized spacial score (nSPS) is 16.9. The van der Waals surface area contributed by atoms with Gasteiger partial charge in [-0.15, -0.1) is 11.8 Å². The number of carbonyl (C=O) groups excluding carboxylic acids is 2. The second-order valence-electron chi connectivity index (χ2n) is 6.35. The van der Waals surface area contributed by atoms with Crippen LogP contribution < -0.4 is 5.43 Å². The fraction of sp³-hybridized carbons (Fsp3) is 0.211. The van der Waals surface area contributed by atoms with Crippen LogP contribution in [0.25, 0.3) is 5.65 Å². The van der Waals surface area contributed by atoms with Crippen molar-refractivity contribution in [2.24, 2.45) is 0 Å². The van der Waals surface area contributed by atoms with Crippen LogP contribution in [0.2, 0.25) is 5.02 Å². The Morgan fingerprint density at radius 1 is 1.26 bits per heavy atom. The number of carbonyl (C=O) groups is 2. The van der Waals surface area contributed by atoms with Gasteiger partial charge >= 0.3 is 0 Å². The van der Waals surface area contributed by atoms with E-state index in [1.165, 1.54) is 16.8 Å². The number of hydrogen-bond acceptors (Lipinski definition) is 4. The molecule has 1 aliphatic heterocycles. The van der Waals surface area contributed by atoms with Crippen molar-refractivity contribution < 1.29 is 9.59 Å². The van der Waals surface area contributed by atoms with Gasteiger partial charge in [0.1, 0.15) is 16.7 Å². The van der Waals surface area contributed by atoms with Gasteiger partial charge in [0.25, 0.3) is 11.8 Å². The smallest absolute Gasteiger partial charge is 0.288 e. The summed E-state index contributed by atoms with van der Waals surface area (Å²) < 4.78 is 1.75. The molecule has 0 unspecified atom stereocenters. The zero-order chi connectivity index (χ0) is 19.1. The number of benzene rings is 1. The van der Waals surface area contributed by atoms with Crippen LogP contribution in [0.3, 0.4) is 0 Å². The van der Waals surface area contributed by atoms with Crippen LogP contribution in [0.1, 0.15) is 32.7 Å². The summed E-state index contributed by atoms with van der Waals surface area (Å²) >= 11 is 7.42. The largest absolute Gasteiger partial charge is 0.295 e. The third kappa shape index (κ3) is 3.17. The molecule has 6 nitrogen and oxygen atoms in total. The Bertz CT molecular complexity index is 1050. The molecule has 2 amide bonds. The van der Waals surface area contributed by atoms with Gasteiger partial charge in [-0.05, 0) is 43.2 Å². The summed E-state index contributed by atoms with van der Waals surface area (Å²) in [4.78, 5) is 29.9. The molecule has 0 saturated carbocycles. The molecule has 8 heteroatoms. The van der Waals surface area contributed by atoms with Gasteiger partial charge in [0.05, 0.1) is 11.4 Å². The molecule has 0 radical (unpaired) electrons. The minimum atomic E-state index is -0.361. The van der Waals surface area contributed by atoms with Crippen LogP contribution in [0.5, 0.6) is 0 Å². The summed E-state index contributed by atoms with van der Waals surface area (Å²) in [5.41, 5.74) is 6.43. The quantitative estimate of drug-likeness (QED) is 0.730. The van der Waals surface area contributed by atoms with E-state index >= 15 is 0 Å². The zero-order valence-corrected chi connectivity index (χ0v) is 16.3. The summed E-state index contributed by atoms with van der Waals surface area (Å²) in [7, 11) is 0. The summed E-state index contributed by atoms with van der Waals surface area (Å²) in [5.74, 6) is -0.199. The lowest BCUT2D eigenvalue weighted by molar-refractivity contribution is -0.130. The van der Waals surface area contributed by atoms with Crippen LogP contribution in [0.4, 0.5) is 0 Å². The van der Waals surface area contributed by atoms with Gasteiger partial charge in [0.2, 0.25) is 0 Å². The molecule has 2 aromatic heterocycles. The molecule has 1 aliphatic rings. The van der Waals surface area contributed by atoms with Crippen molar-refractivity contribution in [1.29, 1.82) is 0 Å². The maximum atomic E-state index is 13.0. The maximum Gasteiger partial charge on any atom is 0.288 e. The number of nitrogens with zero attached hydrogens (tertiary/aromatic N) is 3. The van der Waals surface area contributed by atoms with Crippen molar-refractivity contribution in [2.45, 2.75) is 19.2 Å². The Morgan fingerprint density at radius 3 is 2.74 bits per heavy atom. The number of imidazole rings is 1. The molecule has 0 bridgehead atoms. The lowest BCUT2D eigenvalue weighted by Crippen LogP contribution is -2.45. The van der Waals surface area contributed by atoms with E-state index in [1.807, 2.05) is 31.2 Å². The molecule has 1 fully saturated rings. The molecule has 27 heavy (non-hydrogen) atoms. The number of thioether (sulfide) groups is 1. The highest BCUT2D eigenvalue weighted by atomic mass is 35.5. The predicted molar refractivity (Wildman–Crippen MR) is 106 cm³/mol. The Kier molecular flexibility index (Phi) is 4.57. The first-order chi connectivity index (χ1) is 13.0. The molecular formula is C19H17ClN4O2S. The number of pyridine rings is 1.